The van der Waals surface area contributed by atoms with Crippen LogP contribution in [-0.2, 0) is 13.6 Å². The van der Waals surface area contributed by atoms with E-state index in [9.17, 15) is 0 Å². The van der Waals surface area contributed by atoms with Gasteiger partial charge in [0, 0.05) is 24.5 Å². The van der Waals surface area contributed by atoms with Crippen molar-refractivity contribution in [2.45, 2.75) is 26.3 Å². The van der Waals surface area contributed by atoms with Crippen LogP contribution in [0.25, 0.3) is 11.1 Å². The summed E-state index contributed by atoms with van der Waals surface area (Å²) in [4.78, 5) is 4.47. The minimum Gasteiger partial charge on any atom is -0.370 e. The number of hydrogen-bond acceptors (Lipinski definition) is 2. The summed E-state index contributed by atoms with van der Waals surface area (Å²) in [7, 11) is 1.91. The molecule has 0 aliphatic heterocycles. The van der Waals surface area contributed by atoms with Gasteiger partial charge in [0.2, 0.25) is 0 Å². The largest absolute Gasteiger partial charge is 0.370 e. The van der Waals surface area contributed by atoms with Crippen molar-refractivity contribution in [1.29, 1.82) is 0 Å². The van der Waals surface area contributed by atoms with Crippen LogP contribution in [0.1, 0.15) is 30.9 Å². The quantitative estimate of drug-likeness (QED) is 0.538. The number of aryl methyl sites for hydroxylation is 1. The van der Waals surface area contributed by atoms with Crippen LogP contribution in [0.15, 0.2) is 65.9 Å². The van der Waals surface area contributed by atoms with Gasteiger partial charge in [-0.05, 0) is 40.8 Å². The number of aromatic nitrogens is 2. The van der Waals surface area contributed by atoms with E-state index in [0.717, 1.165) is 22.4 Å². The predicted molar refractivity (Wildman–Crippen MR) is 108 cm³/mol. The van der Waals surface area contributed by atoms with Gasteiger partial charge < -0.3 is 11.1 Å². The van der Waals surface area contributed by atoms with Crippen LogP contribution < -0.4 is 11.1 Å². The highest BCUT2D eigenvalue weighted by Crippen LogP contribution is 2.20. The Balaban J connectivity index is 1.68. The number of aliphatic imine (C=N–C) groups is 1. The van der Waals surface area contributed by atoms with Crippen molar-refractivity contribution in [3.8, 4) is 11.1 Å². The SMILES string of the molecule is CC(C)c1cccc(NC(N)=NCc2cccc(-c3cnn(C)c3)c2)c1. The van der Waals surface area contributed by atoms with Gasteiger partial charge in [-0.15, -0.1) is 0 Å². The molecule has 0 aliphatic carbocycles. The molecule has 0 fully saturated rings. The molecule has 0 spiro atoms. The van der Waals surface area contributed by atoms with Gasteiger partial charge in [0.1, 0.15) is 0 Å². The average molecular weight is 347 g/mol. The predicted octanol–water partition coefficient (Wildman–Crippen LogP) is 4.14. The zero-order valence-corrected chi connectivity index (χ0v) is 15.5. The molecule has 2 aromatic carbocycles. The zero-order valence-electron chi connectivity index (χ0n) is 15.5. The van der Waals surface area contributed by atoms with E-state index < -0.39 is 0 Å². The van der Waals surface area contributed by atoms with E-state index in [1.165, 1.54) is 5.56 Å². The number of nitrogens with one attached hydrogen (secondary N) is 1. The highest BCUT2D eigenvalue weighted by atomic mass is 15.2. The standard InChI is InChI=1S/C21H25N5/c1-15(2)17-7-5-9-20(11-17)25-21(22)23-12-16-6-4-8-18(10-16)19-13-24-26(3)14-19/h4-11,13-15H,12H2,1-3H3,(H3,22,23,25). The molecule has 0 unspecified atom stereocenters. The van der Waals surface area contributed by atoms with Crippen molar-refractivity contribution in [3.63, 3.8) is 0 Å². The molecule has 134 valence electrons. The highest BCUT2D eigenvalue weighted by molar-refractivity contribution is 5.92. The lowest BCUT2D eigenvalue weighted by molar-refractivity contribution is 0.768. The first-order valence-electron chi connectivity index (χ1n) is 8.76. The first kappa shape index (κ1) is 17.7. The first-order valence-corrected chi connectivity index (χ1v) is 8.76. The fraction of sp³-hybridized carbons (Fsp3) is 0.238. The molecule has 3 N–H and O–H groups in total. The van der Waals surface area contributed by atoms with E-state index in [1.807, 2.05) is 37.6 Å². The Morgan fingerprint density at radius 1 is 1.15 bits per heavy atom. The molecule has 5 nitrogen and oxygen atoms in total. The molecule has 0 bridgehead atoms. The summed E-state index contributed by atoms with van der Waals surface area (Å²) in [5, 5.41) is 7.39. The maximum atomic E-state index is 6.06. The number of rotatable bonds is 5. The fourth-order valence-corrected chi connectivity index (χ4v) is 2.76. The highest BCUT2D eigenvalue weighted by Gasteiger charge is 2.03. The third-order valence-electron chi connectivity index (χ3n) is 4.22. The number of hydrogen-bond donors (Lipinski definition) is 2. The average Bonchev–Trinajstić information content (AvgIpc) is 3.07. The van der Waals surface area contributed by atoms with E-state index >= 15 is 0 Å². The molecule has 26 heavy (non-hydrogen) atoms. The van der Waals surface area contributed by atoms with Gasteiger partial charge in [-0.2, -0.15) is 5.10 Å². The molecule has 3 rings (SSSR count). The third-order valence-corrected chi connectivity index (χ3v) is 4.22. The summed E-state index contributed by atoms with van der Waals surface area (Å²) in [6.45, 7) is 4.87. The minimum atomic E-state index is 0.415. The Morgan fingerprint density at radius 3 is 2.69 bits per heavy atom. The Morgan fingerprint density at radius 2 is 1.96 bits per heavy atom. The lowest BCUT2D eigenvalue weighted by atomic mass is 10.0. The van der Waals surface area contributed by atoms with Crippen molar-refractivity contribution >= 4 is 11.6 Å². The van der Waals surface area contributed by atoms with E-state index in [0.29, 0.717) is 18.4 Å². The van der Waals surface area contributed by atoms with Crippen LogP contribution in [0.2, 0.25) is 0 Å². The van der Waals surface area contributed by atoms with Crippen LogP contribution in [0.4, 0.5) is 5.69 Å². The number of anilines is 1. The summed E-state index contributed by atoms with van der Waals surface area (Å²) in [6.07, 6.45) is 3.86. The molecule has 0 atom stereocenters. The number of nitrogens with zero attached hydrogens (tertiary/aromatic N) is 3. The van der Waals surface area contributed by atoms with Crippen LogP contribution in [0.5, 0.6) is 0 Å². The summed E-state index contributed by atoms with van der Waals surface area (Å²) in [5.74, 6) is 0.891. The number of nitrogens with two attached hydrogens (primary N) is 1. The summed E-state index contributed by atoms with van der Waals surface area (Å²) in [6, 6.07) is 16.5. The molecule has 1 heterocycles. The molecular weight excluding hydrogens is 322 g/mol. The van der Waals surface area contributed by atoms with Gasteiger partial charge in [-0.25, -0.2) is 4.99 Å². The molecule has 3 aromatic rings. The molecular formula is C21H25N5. The van der Waals surface area contributed by atoms with Gasteiger partial charge in [-0.3, -0.25) is 4.68 Å². The molecule has 0 aliphatic rings. The Labute approximate surface area is 154 Å². The summed E-state index contributed by atoms with van der Waals surface area (Å²) >= 11 is 0. The van der Waals surface area contributed by atoms with E-state index in [-0.39, 0.29) is 0 Å². The van der Waals surface area contributed by atoms with E-state index in [4.69, 9.17) is 5.73 Å². The molecule has 0 saturated carbocycles. The lowest BCUT2D eigenvalue weighted by Gasteiger charge is -2.10. The monoisotopic (exact) mass is 347 g/mol. The topological polar surface area (TPSA) is 68.2 Å². The van der Waals surface area contributed by atoms with Crippen molar-refractivity contribution in [3.05, 3.63) is 72.1 Å². The van der Waals surface area contributed by atoms with Gasteiger partial charge in [0.25, 0.3) is 0 Å². The molecule has 5 heteroatoms. The maximum Gasteiger partial charge on any atom is 0.193 e. The molecule has 0 amide bonds. The van der Waals surface area contributed by atoms with Gasteiger partial charge in [-0.1, -0.05) is 44.2 Å². The normalized spacial score (nSPS) is 11.8. The van der Waals surface area contributed by atoms with Crippen LogP contribution in [0, 0.1) is 0 Å². The fourth-order valence-electron chi connectivity index (χ4n) is 2.76. The van der Waals surface area contributed by atoms with E-state index in [2.05, 4.69) is 59.6 Å². The second kappa shape index (κ2) is 7.87. The lowest BCUT2D eigenvalue weighted by Crippen LogP contribution is -2.22. The third kappa shape index (κ3) is 4.51. The van der Waals surface area contributed by atoms with Gasteiger partial charge >= 0.3 is 0 Å². The molecule has 0 radical (unpaired) electrons. The second-order valence-electron chi connectivity index (χ2n) is 6.71. The van der Waals surface area contributed by atoms with Crippen LogP contribution in [-0.4, -0.2) is 15.7 Å². The Bertz CT molecular complexity index is 908. The van der Waals surface area contributed by atoms with Gasteiger partial charge in [0.15, 0.2) is 5.96 Å². The van der Waals surface area contributed by atoms with Crippen molar-refractivity contribution in [2.75, 3.05) is 5.32 Å². The van der Waals surface area contributed by atoms with E-state index in [1.54, 1.807) is 4.68 Å². The first-order chi connectivity index (χ1) is 12.5. The maximum absolute atomic E-state index is 6.06. The molecule has 1 aromatic heterocycles. The zero-order chi connectivity index (χ0) is 18.5. The smallest absolute Gasteiger partial charge is 0.193 e. The van der Waals surface area contributed by atoms with Crippen molar-refractivity contribution in [2.24, 2.45) is 17.8 Å². The number of benzene rings is 2. The minimum absolute atomic E-state index is 0.415. The van der Waals surface area contributed by atoms with Crippen molar-refractivity contribution in [1.82, 2.24) is 9.78 Å². The van der Waals surface area contributed by atoms with Crippen LogP contribution in [0.3, 0.4) is 0 Å². The Kier molecular flexibility index (Phi) is 5.37. The van der Waals surface area contributed by atoms with Gasteiger partial charge in [0.05, 0.1) is 12.7 Å². The summed E-state index contributed by atoms with van der Waals surface area (Å²) < 4.78 is 1.80. The second-order valence-corrected chi connectivity index (χ2v) is 6.71. The summed E-state index contributed by atoms with van der Waals surface area (Å²) in [5.41, 5.74) is 11.6. The number of guanidine groups is 1. The van der Waals surface area contributed by atoms with Crippen molar-refractivity contribution < 1.29 is 0 Å². The Hall–Kier alpha value is -3.08. The molecule has 0 saturated heterocycles. The van der Waals surface area contributed by atoms with Crippen LogP contribution >= 0.6 is 0 Å².